The van der Waals surface area contributed by atoms with E-state index in [0.29, 0.717) is 25.1 Å². The van der Waals surface area contributed by atoms with Crippen LogP contribution in [0.1, 0.15) is 26.2 Å². The molecule has 1 aliphatic carbocycles. The predicted molar refractivity (Wildman–Crippen MR) is 66.3 cm³/mol. The molecule has 1 aromatic carbocycles. The SMILES string of the molecule is CCN(C(=O)C1(C#N)CCC1)c1cccc(F)c1. The molecule has 1 aliphatic rings. The third-order valence-corrected chi connectivity index (χ3v) is 3.51. The first-order valence-corrected chi connectivity index (χ1v) is 6.12. The highest BCUT2D eigenvalue weighted by Gasteiger charge is 2.46. The Balaban J connectivity index is 2.29. The van der Waals surface area contributed by atoms with E-state index >= 15 is 0 Å². The molecule has 0 spiro atoms. The Bertz CT molecular complexity index is 503. The number of hydrogen-bond donors (Lipinski definition) is 0. The van der Waals surface area contributed by atoms with Crippen molar-refractivity contribution in [2.24, 2.45) is 5.41 Å². The van der Waals surface area contributed by atoms with Crippen molar-refractivity contribution in [1.82, 2.24) is 0 Å². The Labute approximate surface area is 106 Å². The van der Waals surface area contributed by atoms with Crippen LogP contribution in [0.4, 0.5) is 10.1 Å². The molecule has 1 amide bonds. The number of carbonyl (C=O) groups excluding carboxylic acids is 1. The summed E-state index contributed by atoms with van der Waals surface area (Å²) < 4.78 is 13.2. The number of amides is 1. The Hall–Kier alpha value is -1.89. The van der Waals surface area contributed by atoms with Crippen LogP contribution in [0.3, 0.4) is 0 Å². The van der Waals surface area contributed by atoms with Gasteiger partial charge in [0.25, 0.3) is 0 Å². The van der Waals surface area contributed by atoms with Gasteiger partial charge in [0.15, 0.2) is 0 Å². The van der Waals surface area contributed by atoms with Crippen molar-refractivity contribution in [2.75, 3.05) is 11.4 Å². The van der Waals surface area contributed by atoms with Gasteiger partial charge in [0.2, 0.25) is 5.91 Å². The largest absolute Gasteiger partial charge is 0.311 e. The Morgan fingerprint density at radius 3 is 2.72 bits per heavy atom. The van der Waals surface area contributed by atoms with Gasteiger partial charge in [-0.15, -0.1) is 0 Å². The number of nitrogens with zero attached hydrogens (tertiary/aromatic N) is 2. The van der Waals surface area contributed by atoms with Gasteiger partial charge in [-0.3, -0.25) is 4.79 Å². The van der Waals surface area contributed by atoms with Crippen LogP contribution in [0.2, 0.25) is 0 Å². The summed E-state index contributed by atoms with van der Waals surface area (Å²) in [4.78, 5) is 13.9. The molecule has 4 heteroatoms. The molecule has 0 saturated heterocycles. The molecule has 0 bridgehead atoms. The average molecular weight is 246 g/mol. The maximum atomic E-state index is 13.2. The summed E-state index contributed by atoms with van der Waals surface area (Å²) in [5, 5.41) is 9.18. The number of rotatable bonds is 3. The molecule has 1 saturated carbocycles. The van der Waals surface area contributed by atoms with Crippen molar-refractivity contribution in [2.45, 2.75) is 26.2 Å². The van der Waals surface area contributed by atoms with Crippen LogP contribution in [0.25, 0.3) is 0 Å². The molecular formula is C14H15FN2O. The normalized spacial score (nSPS) is 16.5. The van der Waals surface area contributed by atoms with Crippen LogP contribution in [-0.4, -0.2) is 12.5 Å². The monoisotopic (exact) mass is 246 g/mol. The van der Waals surface area contributed by atoms with Gasteiger partial charge in [-0.1, -0.05) is 6.07 Å². The fourth-order valence-corrected chi connectivity index (χ4v) is 2.25. The van der Waals surface area contributed by atoms with Crippen molar-refractivity contribution in [3.63, 3.8) is 0 Å². The quantitative estimate of drug-likeness (QED) is 0.823. The average Bonchev–Trinajstić information content (AvgIpc) is 2.29. The first-order chi connectivity index (χ1) is 8.63. The van der Waals surface area contributed by atoms with Crippen molar-refractivity contribution in [3.05, 3.63) is 30.1 Å². The first kappa shape index (κ1) is 12.6. The number of benzene rings is 1. The first-order valence-electron chi connectivity index (χ1n) is 6.12. The lowest BCUT2D eigenvalue weighted by atomic mass is 9.69. The topological polar surface area (TPSA) is 44.1 Å². The fourth-order valence-electron chi connectivity index (χ4n) is 2.25. The molecular weight excluding hydrogens is 231 g/mol. The molecule has 18 heavy (non-hydrogen) atoms. The number of nitriles is 1. The van der Waals surface area contributed by atoms with Gasteiger partial charge >= 0.3 is 0 Å². The molecule has 94 valence electrons. The summed E-state index contributed by atoms with van der Waals surface area (Å²) >= 11 is 0. The molecule has 0 atom stereocenters. The minimum absolute atomic E-state index is 0.204. The predicted octanol–water partition coefficient (Wildman–Crippen LogP) is 2.87. The number of anilines is 1. The second-order valence-electron chi connectivity index (χ2n) is 4.58. The van der Waals surface area contributed by atoms with Gasteiger partial charge in [0.1, 0.15) is 11.2 Å². The minimum atomic E-state index is -0.887. The Morgan fingerprint density at radius 1 is 1.56 bits per heavy atom. The molecule has 1 fully saturated rings. The highest BCUT2D eigenvalue weighted by molar-refractivity contribution is 5.99. The number of halogens is 1. The summed E-state index contributed by atoms with van der Waals surface area (Å²) in [6, 6.07) is 8.05. The zero-order valence-corrected chi connectivity index (χ0v) is 10.3. The second kappa shape index (κ2) is 4.77. The molecule has 0 radical (unpaired) electrons. The standard InChI is InChI=1S/C14H15FN2O/c1-2-17(12-6-3-5-11(15)9-12)13(18)14(10-16)7-4-8-14/h3,5-6,9H,2,4,7-8H2,1H3. The van der Waals surface area contributed by atoms with Crippen LogP contribution in [0.5, 0.6) is 0 Å². The van der Waals surface area contributed by atoms with Crippen molar-refractivity contribution >= 4 is 11.6 Å². The molecule has 2 rings (SSSR count). The third-order valence-electron chi connectivity index (χ3n) is 3.51. The lowest BCUT2D eigenvalue weighted by Crippen LogP contribution is -2.47. The van der Waals surface area contributed by atoms with E-state index < -0.39 is 5.41 Å². The van der Waals surface area contributed by atoms with Crippen molar-refractivity contribution < 1.29 is 9.18 Å². The molecule has 3 nitrogen and oxygen atoms in total. The van der Waals surface area contributed by atoms with E-state index in [2.05, 4.69) is 6.07 Å². The van der Waals surface area contributed by atoms with Gasteiger partial charge in [0.05, 0.1) is 6.07 Å². The Kier molecular flexibility index (Phi) is 3.33. The fraction of sp³-hybridized carbons (Fsp3) is 0.429. The van der Waals surface area contributed by atoms with E-state index in [1.54, 1.807) is 12.1 Å². The zero-order valence-electron chi connectivity index (χ0n) is 10.3. The van der Waals surface area contributed by atoms with Gasteiger partial charge in [0, 0.05) is 12.2 Å². The van der Waals surface area contributed by atoms with Gasteiger partial charge < -0.3 is 4.90 Å². The van der Waals surface area contributed by atoms with E-state index in [0.717, 1.165) is 6.42 Å². The van der Waals surface area contributed by atoms with E-state index in [1.165, 1.54) is 17.0 Å². The van der Waals surface area contributed by atoms with Crippen molar-refractivity contribution in [1.29, 1.82) is 5.26 Å². The number of carbonyl (C=O) groups is 1. The maximum Gasteiger partial charge on any atom is 0.247 e. The molecule has 1 aromatic rings. The third kappa shape index (κ3) is 1.97. The highest BCUT2D eigenvalue weighted by Crippen LogP contribution is 2.42. The summed E-state index contributed by atoms with van der Waals surface area (Å²) in [5.74, 6) is -0.581. The van der Waals surface area contributed by atoms with E-state index in [9.17, 15) is 14.4 Å². The van der Waals surface area contributed by atoms with E-state index in [4.69, 9.17) is 0 Å². The lowest BCUT2D eigenvalue weighted by molar-refractivity contribution is -0.128. The van der Waals surface area contributed by atoms with Gasteiger partial charge in [-0.2, -0.15) is 5.26 Å². The van der Waals surface area contributed by atoms with Crippen molar-refractivity contribution in [3.8, 4) is 6.07 Å². The summed E-state index contributed by atoms with van der Waals surface area (Å²) in [7, 11) is 0. The van der Waals surface area contributed by atoms with Crippen LogP contribution in [-0.2, 0) is 4.79 Å². The molecule has 0 heterocycles. The summed E-state index contributed by atoms with van der Waals surface area (Å²) in [6.07, 6.45) is 2.11. The smallest absolute Gasteiger partial charge is 0.247 e. The van der Waals surface area contributed by atoms with Crippen LogP contribution < -0.4 is 4.90 Å². The van der Waals surface area contributed by atoms with Crippen LogP contribution in [0, 0.1) is 22.6 Å². The highest BCUT2D eigenvalue weighted by atomic mass is 19.1. The molecule has 0 unspecified atom stereocenters. The van der Waals surface area contributed by atoms with Crippen LogP contribution >= 0.6 is 0 Å². The molecule has 0 N–H and O–H groups in total. The number of hydrogen-bond acceptors (Lipinski definition) is 2. The second-order valence-corrected chi connectivity index (χ2v) is 4.58. The van der Waals surface area contributed by atoms with E-state index in [-0.39, 0.29) is 11.7 Å². The summed E-state index contributed by atoms with van der Waals surface area (Å²) in [6.45, 7) is 2.26. The van der Waals surface area contributed by atoms with Gasteiger partial charge in [-0.25, -0.2) is 4.39 Å². The molecule has 0 aliphatic heterocycles. The van der Waals surface area contributed by atoms with Gasteiger partial charge in [-0.05, 0) is 44.4 Å². The van der Waals surface area contributed by atoms with Crippen LogP contribution in [0.15, 0.2) is 24.3 Å². The summed E-state index contributed by atoms with van der Waals surface area (Å²) in [5.41, 5.74) is -0.369. The zero-order chi connectivity index (χ0) is 13.2. The maximum absolute atomic E-state index is 13.2. The minimum Gasteiger partial charge on any atom is -0.311 e. The van der Waals surface area contributed by atoms with E-state index in [1.807, 2.05) is 6.92 Å². The molecule has 0 aromatic heterocycles. The lowest BCUT2D eigenvalue weighted by Gasteiger charge is -2.37. The Morgan fingerprint density at radius 2 is 2.28 bits per heavy atom.